The van der Waals surface area contributed by atoms with Crippen molar-refractivity contribution in [1.29, 1.82) is 5.26 Å². The molecule has 1 heterocycles. The molecular formula is C16H11NOS. The van der Waals surface area contributed by atoms with Crippen molar-refractivity contribution in [1.82, 2.24) is 0 Å². The van der Waals surface area contributed by atoms with Crippen molar-refractivity contribution in [2.45, 2.75) is 0 Å². The number of benzene rings is 2. The molecule has 3 rings (SSSR count). The molecule has 0 aliphatic heterocycles. The Kier molecular flexibility index (Phi) is 2.94. The van der Waals surface area contributed by atoms with Crippen molar-refractivity contribution in [3.63, 3.8) is 0 Å². The molecule has 0 radical (unpaired) electrons. The maximum Gasteiger partial charge on any atom is 0.119 e. The van der Waals surface area contributed by atoms with Crippen molar-refractivity contribution in [2.75, 3.05) is 7.11 Å². The Morgan fingerprint density at radius 3 is 2.79 bits per heavy atom. The number of nitriles is 1. The molecule has 1 aromatic heterocycles. The zero-order valence-corrected chi connectivity index (χ0v) is 11.2. The van der Waals surface area contributed by atoms with E-state index in [4.69, 9.17) is 10.00 Å². The van der Waals surface area contributed by atoms with Gasteiger partial charge in [-0.2, -0.15) is 5.26 Å². The average molecular weight is 265 g/mol. The Hall–Kier alpha value is -2.31. The first kappa shape index (κ1) is 11.8. The first-order valence-electron chi connectivity index (χ1n) is 5.88. The lowest BCUT2D eigenvalue weighted by atomic mass is 10.1. The highest BCUT2D eigenvalue weighted by Gasteiger charge is 2.06. The van der Waals surface area contributed by atoms with Gasteiger partial charge in [-0.3, -0.25) is 0 Å². The molecule has 2 nitrogen and oxygen atoms in total. The maximum absolute atomic E-state index is 8.93. The molecule has 0 saturated heterocycles. The third-order valence-electron chi connectivity index (χ3n) is 3.00. The second-order valence-corrected chi connectivity index (χ2v) is 5.29. The number of ether oxygens (including phenoxy) is 1. The minimum absolute atomic E-state index is 0.697. The van der Waals surface area contributed by atoms with Gasteiger partial charge in [0.1, 0.15) is 5.75 Å². The molecule has 0 aliphatic rings. The fraction of sp³-hybridized carbons (Fsp3) is 0.0625. The molecule has 0 bridgehead atoms. The highest BCUT2D eigenvalue weighted by Crippen LogP contribution is 2.35. The molecule has 0 spiro atoms. The third kappa shape index (κ3) is 2.18. The molecule has 0 saturated carbocycles. The van der Waals surface area contributed by atoms with Crippen LogP contribution in [0.2, 0.25) is 0 Å². The molecule has 0 amide bonds. The molecule has 2 aromatic carbocycles. The largest absolute Gasteiger partial charge is 0.497 e. The van der Waals surface area contributed by atoms with Gasteiger partial charge in [0, 0.05) is 9.58 Å². The fourth-order valence-electron chi connectivity index (χ4n) is 2.03. The summed E-state index contributed by atoms with van der Waals surface area (Å²) in [4.78, 5) is 1.18. The Labute approximate surface area is 115 Å². The highest BCUT2D eigenvalue weighted by atomic mass is 32.1. The summed E-state index contributed by atoms with van der Waals surface area (Å²) in [6.45, 7) is 0. The predicted molar refractivity (Wildman–Crippen MR) is 78.5 cm³/mol. The highest BCUT2D eigenvalue weighted by molar-refractivity contribution is 7.22. The Morgan fingerprint density at radius 1 is 1.11 bits per heavy atom. The summed E-state index contributed by atoms with van der Waals surface area (Å²) in [6, 6.07) is 18.1. The lowest BCUT2D eigenvalue weighted by Gasteiger charge is -2.01. The van der Waals surface area contributed by atoms with Gasteiger partial charge in [-0.15, -0.1) is 11.3 Å². The average Bonchev–Trinajstić information content (AvgIpc) is 2.90. The Morgan fingerprint density at radius 2 is 2.00 bits per heavy atom. The van der Waals surface area contributed by atoms with Gasteiger partial charge in [-0.25, -0.2) is 0 Å². The molecule has 0 atom stereocenters. The van der Waals surface area contributed by atoms with Gasteiger partial charge in [-0.05, 0) is 47.3 Å². The summed E-state index contributed by atoms with van der Waals surface area (Å²) >= 11 is 1.72. The van der Waals surface area contributed by atoms with Crippen LogP contribution in [0.3, 0.4) is 0 Å². The minimum Gasteiger partial charge on any atom is -0.497 e. The van der Waals surface area contributed by atoms with Gasteiger partial charge in [0.2, 0.25) is 0 Å². The summed E-state index contributed by atoms with van der Waals surface area (Å²) in [6.07, 6.45) is 0. The maximum atomic E-state index is 8.93. The van der Waals surface area contributed by atoms with Gasteiger partial charge >= 0.3 is 0 Å². The summed E-state index contributed by atoms with van der Waals surface area (Å²) in [5.41, 5.74) is 1.83. The van der Waals surface area contributed by atoms with Crippen LogP contribution in [0, 0.1) is 11.3 Å². The fourth-order valence-corrected chi connectivity index (χ4v) is 3.07. The molecule has 3 aromatic rings. The number of rotatable bonds is 2. The number of hydrogen-bond acceptors (Lipinski definition) is 3. The van der Waals surface area contributed by atoms with Crippen LogP contribution in [0.15, 0.2) is 48.5 Å². The molecule has 0 aliphatic carbocycles. The van der Waals surface area contributed by atoms with E-state index in [1.165, 1.54) is 9.58 Å². The van der Waals surface area contributed by atoms with E-state index >= 15 is 0 Å². The number of nitrogens with zero attached hydrogens (tertiary/aromatic N) is 1. The SMILES string of the molecule is COc1cccc(-c2cc3cc(C#N)ccc3s2)c1. The van der Waals surface area contributed by atoms with Crippen LogP contribution in [0.1, 0.15) is 5.56 Å². The van der Waals surface area contributed by atoms with Crippen LogP contribution in [0.5, 0.6) is 5.75 Å². The van der Waals surface area contributed by atoms with Crippen LogP contribution < -0.4 is 4.74 Å². The number of fused-ring (bicyclic) bond motifs is 1. The standard InChI is InChI=1S/C16H11NOS/c1-18-14-4-2-3-12(8-14)16-9-13-7-11(10-17)5-6-15(13)19-16/h2-9H,1H3. The van der Waals surface area contributed by atoms with Crippen molar-refractivity contribution in [3.8, 4) is 22.3 Å². The van der Waals surface area contributed by atoms with E-state index in [9.17, 15) is 0 Å². The zero-order chi connectivity index (χ0) is 13.2. The molecule has 0 N–H and O–H groups in total. The van der Waals surface area contributed by atoms with E-state index in [0.29, 0.717) is 5.56 Å². The summed E-state index contributed by atoms with van der Waals surface area (Å²) in [5, 5.41) is 10.0. The molecule has 19 heavy (non-hydrogen) atoms. The third-order valence-corrected chi connectivity index (χ3v) is 4.16. The molecule has 92 valence electrons. The van der Waals surface area contributed by atoms with Crippen LogP contribution in [0.4, 0.5) is 0 Å². The Bertz CT molecular complexity index is 783. The summed E-state index contributed by atoms with van der Waals surface area (Å²) in [5.74, 6) is 0.854. The number of hydrogen-bond donors (Lipinski definition) is 0. The van der Waals surface area contributed by atoms with E-state index in [1.807, 2.05) is 36.4 Å². The first-order chi connectivity index (χ1) is 9.30. The molecule has 0 unspecified atom stereocenters. The van der Waals surface area contributed by atoms with Crippen LogP contribution in [-0.4, -0.2) is 7.11 Å². The molecule has 3 heteroatoms. The second kappa shape index (κ2) is 4.75. The van der Waals surface area contributed by atoms with Crippen molar-refractivity contribution in [3.05, 3.63) is 54.1 Å². The lowest BCUT2D eigenvalue weighted by Crippen LogP contribution is -1.81. The number of thiophene rings is 1. The van der Waals surface area contributed by atoms with Crippen molar-refractivity contribution in [2.24, 2.45) is 0 Å². The second-order valence-electron chi connectivity index (χ2n) is 4.21. The predicted octanol–water partition coefficient (Wildman–Crippen LogP) is 4.45. The van der Waals surface area contributed by atoms with E-state index in [0.717, 1.165) is 16.7 Å². The van der Waals surface area contributed by atoms with Gasteiger partial charge in [0.05, 0.1) is 18.7 Å². The van der Waals surface area contributed by atoms with Crippen LogP contribution in [0.25, 0.3) is 20.5 Å². The van der Waals surface area contributed by atoms with Gasteiger partial charge < -0.3 is 4.74 Å². The van der Waals surface area contributed by atoms with E-state index in [1.54, 1.807) is 18.4 Å². The summed E-state index contributed by atoms with van der Waals surface area (Å²) < 4.78 is 6.44. The van der Waals surface area contributed by atoms with E-state index < -0.39 is 0 Å². The first-order valence-corrected chi connectivity index (χ1v) is 6.70. The lowest BCUT2D eigenvalue weighted by molar-refractivity contribution is 0.415. The summed E-state index contributed by atoms with van der Waals surface area (Å²) in [7, 11) is 1.67. The van der Waals surface area contributed by atoms with Crippen molar-refractivity contribution >= 4 is 21.4 Å². The van der Waals surface area contributed by atoms with Crippen molar-refractivity contribution < 1.29 is 4.74 Å². The minimum atomic E-state index is 0.697. The monoisotopic (exact) mass is 265 g/mol. The van der Waals surface area contributed by atoms with E-state index in [-0.39, 0.29) is 0 Å². The van der Waals surface area contributed by atoms with Gasteiger partial charge in [0.15, 0.2) is 0 Å². The van der Waals surface area contributed by atoms with E-state index in [2.05, 4.69) is 18.2 Å². The van der Waals surface area contributed by atoms with Gasteiger partial charge in [-0.1, -0.05) is 12.1 Å². The van der Waals surface area contributed by atoms with Crippen LogP contribution >= 0.6 is 11.3 Å². The molecule has 0 fully saturated rings. The van der Waals surface area contributed by atoms with Crippen LogP contribution in [-0.2, 0) is 0 Å². The van der Waals surface area contributed by atoms with Gasteiger partial charge in [0.25, 0.3) is 0 Å². The molecular weight excluding hydrogens is 254 g/mol. The smallest absolute Gasteiger partial charge is 0.119 e. The zero-order valence-electron chi connectivity index (χ0n) is 10.4. The quantitative estimate of drug-likeness (QED) is 0.686. The Balaban J connectivity index is 2.12. The number of methoxy groups -OCH3 is 1. The topological polar surface area (TPSA) is 33.0 Å². The normalized spacial score (nSPS) is 10.3.